The zero-order chi connectivity index (χ0) is 19.8. The predicted octanol–water partition coefficient (Wildman–Crippen LogP) is 4.23. The molecule has 4 heteroatoms. The molecule has 0 aliphatic heterocycles. The fourth-order valence-electron chi connectivity index (χ4n) is 2.94. The standard InChI is InChI=1S/C24H24N2O2/c1-2-18-13-15-21(16-14-18)25-24(28)22(17-19-9-5-3-6-10-19)26-23(27)20-11-7-4-8-12-20/h3-16,22H,2,17H2,1H3,(H,25,28)(H,26,27)/t22-/m0/s1. The van der Waals surface area contributed by atoms with Gasteiger partial charge in [-0.3, -0.25) is 9.59 Å². The maximum Gasteiger partial charge on any atom is 0.251 e. The summed E-state index contributed by atoms with van der Waals surface area (Å²) in [5, 5.41) is 5.79. The van der Waals surface area contributed by atoms with Crippen molar-refractivity contribution in [3.05, 3.63) is 102 Å². The van der Waals surface area contributed by atoms with Crippen LogP contribution in [0.25, 0.3) is 0 Å². The average molecular weight is 372 g/mol. The van der Waals surface area contributed by atoms with Crippen LogP contribution in [0.15, 0.2) is 84.9 Å². The minimum atomic E-state index is -0.680. The number of anilines is 1. The molecular weight excluding hydrogens is 348 g/mol. The number of carbonyl (C=O) groups excluding carboxylic acids is 2. The van der Waals surface area contributed by atoms with E-state index in [1.54, 1.807) is 24.3 Å². The maximum atomic E-state index is 12.9. The van der Waals surface area contributed by atoms with Crippen molar-refractivity contribution in [3.63, 3.8) is 0 Å². The van der Waals surface area contributed by atoms with Crippen molar-refractivity contribution in [2.24, 2.45) is 0 Å². The van der Waals surface area contributed by atoms with Crippen LogP contribution in [0.5, 0.6) is 0 Å². The number of nitrogens with one attached hydrogen (secondary N) is 2. The van der Waals surface area contributed by atoms with E-state index in [0.717, 1.165) is 12.0 Å². The zero-order valence-electron chi connectivity index (χ0n) is 15.9. The van der Waals surface area contributed by atoms with E-state index in [9.17, 15) is 9.59 Å². The first-order chi connectivity index (χ1) is 13.7. The van der Waals surface area contributed by atoms with Gasteiger partial charge in [-0.15, -0.1) is 0 Å². The first kappa shape index (κ1) is 19.4. The van der Waals surface area contributed by atoms with E-state index in [-0.39, 0.29) is 11.8 Å². The molecule has 0 aliphatic carbocycles. The summed E-state index contributed by atoms with van der Waals surface area (Å²) in [6.07, 6.45) is 1.36. The van der Waals surface area contributed by atoms with Gasteiger partial charge >= 0.3 is 0 Å². The fourth-order valence-corrected chi connectivity index (χ4v) is 2.94. The summed E-state index contributed by atoms with van der Waals surface area (Å²) in [4.78, 5) is 25.5. The molecule has 4 nitrogen and oxygen atoms in total. The SMILES string of the molecule is CCc1ccc(NC(=O)[C@H](Cc2ccccc2)NC(=O)c2ccccc2)cc1. The number of benzene rings is 3. The zero-order valence-corrected chi connectivity index (χ0v) is 15.9. The van der Waals surface area contributed by atoms with E-state index in [4.69, 9.17) is 0 Å². The predicted molar refractivity (Wildman–Crippen MR) is 112 cm³/mol. The van der Waals surface area contributed by atoms with Crippen molar-refractivity contribution >= 4 is 17.5 Å². The molecule has 0 saturated carbocycles. The van der Waals surface area contributed by atoms with Crippen LogP contribution < -0.4 is 10.6 Å². The van der Waals surface area contributed by atoms with Crippen LogP contribution in [0.1, 0.15) is 28.4 Å². The second kappa shape index (κ2) is 9.51. The number of carbonyl (C=O) groups is 2. The number of hydrogen-bond donors (Lipinski definition) is 2. The van der Waals surface area contributed by atoms with Crippen molar-refractivity contribution in [3.8, 4) is 0 Å². The molecule has 2 amide bonds. The van der Waals surface area contributed by atoms with Gasteiger partial charge in [0.15, 0.2) is 0 Å². The molecule has 3 aromatic carbocycles. The molecule has 0 aliphatic rings. The first-order valence-corrected chi connectivity index (χ1v) is 9.45. The largest absolute Gasteiger partial charge is 0.340 e. The lowest BCUT2D eigenvalue weighted by molar-refractivity contribution is -0.118. The Labute approximate surface area is 165 Å². The molecule has 0 radical (unpaired) electrons. The van der Waals surface area contributed by atoms with Crippen molar-refractivity contribution < 1.29 is 9.59 Å². The Kier molecular flexibility index (Phi) is 6.58. The highest BCUT2D eigenvalue weighted by atomic mass is 16.2. The average Bonchev–Trinajstić information content (AvgIpc) is 2.75. The minimum Gasteiger partial charge on any atom is -0.340 e. The Morgan fingerprint density at radius 3 is 2.00 bits per heavy atom. The van der Waals surface area contributed by atoms with Crippen LogP contribution in [0.3, 0.4) is 0 Å². The van der Waals surface area contributed by atoms with E-state index >= 15 is 0 Å². The second-order valence-electron chi connectivity index (χ2n) is 6.62. The highest BCUT2D eigenvalue weighted by Gasteiger charge is 2.22. The third-order valence-corrected chi connectivity index (χ3v) is 4.57. The van der Waals surface area contributed by atoms with Gasteiger partial charge in [0, 0.05) is 17.7 Å². The van der Waals surface area contributed by atoms with Crippen molar-refractivity contribution in [2.75, 3.05) is 5.32 Å². The van der Waals surface area contributed by atoms with Gasteiger partial charge in [-0.1, -0.05) is 67.6 Å². The van der Waals surface area contributed by atoms with Crippen LogP contribution >= 0.6 is 0 Å². The molecule has 2 N–H and O–H groups in total. The molecule has 0 fully saturated rings. The van der Waals surface area contributed by atoms with E-state index in [0.29, 0.717) is 17.7 Å². The van der Waals surface area contributed by atoms with Gasteiger partial charge < -0.3 is 10.6 Å². The first-order valence-electron chi connectivity index (χ1n) is 9.45. The maximum absolute atomic E-state index is 12.9. The van der Waals surface area contributed by atoms with E-state index in [2.05, 4.69) is 17.6 Å². The van der Waals surface area contributed by atoms with Crippen LogP contribution in [0, 0.1) is 0 Å². The quantitative estimate of drug-likeness (QED) is 0.652. The summed E-state index contributed by atoms with van der Waals surface area (Å²) < 4.78 is 0. The Morgan fingerprint density at radius 1 is 0.786 bits per heavy atom. The van der Waals surface area contributed by atoms with Crippen LogP contribution in [-0.2, 0) is 17.6 Å². The summed E-state index contributed by atoms with van der Waals surface area (Å²) in [7, 11) is 0. The molecule has 0 unspecified atom stereocenters. The summed E-state index contributed by atoms with van der Waals surface area (Å²) in [5.74, 6) is -0.504. The number of hydrogen-bond acceptors (Lipinski definition) is 2. The normalized spacial score (nSPS) is 11.5. The summed E-state index contributed by atoms with van der Waals surface area (Å²) >= 11 is 0. The van der Waals surface area contributed by atoms with Gasteiger partial charge in [-0.2, -0.15) is 0 Å². The molecule has 0 heterocycles. The van der Waals surface area contributed by atoms with Crippen molar-refractivity contribution in [1.29, 1.82) is 0 Å². The lowest BCUT2D eigenvalue weighted by Crippen LogP contribution is -2.45. The fraction of sp³-hybridized carbons (Fsp3) is 0.167. The van der Waals surface area contributed by atoms with Crippen molar-refractivity contribution in [2.45, 2.75) is 25.8 Å². The van der Waals surface area contributed by atoms with Crippen LogP contribution in [-0.4, -0.2) is 17.9 Å². The topological polar surface area (TPSA) is 58.2 Å². The Balaban J connectivity index is 1.76. The minimum absolute atomic E-state index is 0.239. The van der Waals surface area contributed by atoms with Gasteiger partial charge in [0.1, 0.15) is 6.04 Å². The van der Waals surface area contributed by atoms with E-state index < -0.39 is 6.04 Å². The molecule has 3 aromatic rings. The number of aryl methyl sites for hydroxylation is 1. The smallest absolute Gasteiger partial charge is 0.251 e. The van der Waals surface area contributed by atoms with Crippen molar-refractivity contribution in [1.82, 2.24) is 5.32 Å². The third-order valence-electron chi connectivity index (χ3n) is 4.57. The van der Waals surface area contributed by atoms with Crippen LogP contribution in [0.2, 0.25) is 0 Å². The summed E-state index contributed by atoms with van der Waals surface area (Å²) in [6, 6.07) is 25.7. The van der Waals surface area contributed by atoms with Gasteiger partial charge in [0.05, 0.1) is 0 Å². The molecule has 0 spiro atoms. The molecule has 0 saturated heterocycles. The van der Waals surface area contributed by atoms with Crippen LogP contribution in [0.4, 0.5) is 5.69 Å². The van der Waals surface area contributed by atoms with E-state index in [1.165, 1.54) is 5.56 Å². The number of rotatable bonds is 7. The molecular formula is C24H24N2O2. The van der Waals surface area contributed by atoms with Gasteiger partial charge in [0.2, 0.25) is 5.91 Å². The molecule has 28 heavy (non-hydrogen) atoms. The second-order valence-corrected chi connectivity index (χ2v) is 6.62. The summed E-state index contributed by atoms with van der Waals surface area (Å²) in [6.45, 7) is 2.09. The lowest BCUT2D eigenvalue weighted by atomic mass is 10.0. The highest BCUT2D eigenvalue weighted by molar-refractivity contribution is 6.01. The number of amides is 2. The molecule has 1 atom stereocenters. The molecule has 142 valence electrons. The highest BCUT2D eigenvalue weighted by Crippen LogP contribution is 2.12. The molecule has 0 bridgehead atoms. The molecule has 3 rings (SSSR count). The third kappa shape index (κ3) is 5.30. The van der Waals surface area contributed by atoms with E-state index in [1.807, 2.05) is 60.7 Å². The Bertz CT molecular complexity index is 906. The Hall–Kier alpha value is -3.40. The monoisotopic (exact) mass is 372 g/mol. The van der Waals surface area contributed by atoms with Gasteiger partial charge in [-0.25, -0.2) is 0 Å². The molecule has 0 aromatic heterocycles. The van der Waals surface area contributed by atoms with Gasteiger partial charge in [0.25, 0.3) is 5.91 Å². The lowest BCUT2D eigenvalue weighted by Gasteiger charge is -2.19. The van der Waals surface area contributed by atoms with Gasteiger partial charge in [-0.05, 0) is 41.8 Å². The Morgan fingerprint density at radius 2 is 1.39 bits per heavy atom. The summed E-state index contributed by atoms with van der Waals surface area (Å²) in [5.41, 5.74) is 3.43.